The Morgan fingerprint density at radius 3 is 2.78 bits per heavy atom. The molecule has 1 aromatic heterocycles. The SMILES string of the molecule is CC(C)CSc1nnc(NC(=O)CN2C(=O)c3cccc4cccc2c34)s1. The Hall–Kier alpha value is -2.45. The lowest BCUT2D eigenvalue weighted by molar-refractivity contribution is -0.114. The Morgan fingerprint density at radius 2 is 2.00 bits per heavy atom. The third kappa shape index (κ3) is 3.54. The molecule has 6 nitrogen and oxygen atoms in total. The van der Waals surface area contributed by atoms with E-state index in [0.717, 1.165) is 26.6 Å². The lowest BCUT2D eigenvalue weighted by atomic mass is 10.1. The fourth-order valence-electron chi connectivity index (χ4n) is 3.00. The van der Waals surface area contributed by atoms with Crippen LogP contribution in [0.1, 0.15) is 24.2 Å². The van der Waals surface area contributed by atoms with Crippen molar-refractivity contribution >= 4 is 56.5 Å². The second-order valence-electron chi connectivity index (χ2n) is 6.70. The smallest absolute Gasteiger partial charge is 0.259 e. The van der Waals surface area contributed by atoms with Crippen LogP contribution >= 0.6 is 23.1 Å². The quantitative estimate of drug-likeness (QED) is 0.501. The van der Waals surface area contributed by atoms with Gasteiger partial charge in [-0.1, -0.05) is 61.2 Å². The summed E-state index contributed by atoms with van der Waals surface area (Å²) in [6.07, 6.45) is 0. The van der Waals surface area contributed by atoms with Gasteiger partial charge in [0.15, 0.2) is 4.34 Å². The summed E-state index contributed by atoms with van der Waals surface area (Å²) in [5.41, 5.74) is 1.41. The van der Waals surface area contributed by atoms with Gasteiger partial charge >= 0.3 is 0 Å². The van der Waals surface area contributed by atoms with E-state index in [0.29, 0.717) is 16.6 Å². The molecule has 0 aliphatic carbocycles. The number of rotatable bonds is 6. The van der Waals surface area contributed by atoms with Crippen molar-refractivity contribution < 1.29 is 9.59 Å². The van der Waals surface area contributed by atoms with Crippen molar-refractivity contribution in [3.05, 3.63) is 42.0 Å². The van der Waals surface area contributed by atoms with Crippen molar-refractivity contribution in [2.24, 2.45) is 5.92 Å². The highest BCUT2D eigenvalue weighted by molar-refractivity contribution is 8.01. The van der Waals surface area contributed by atoms with E-state index in [-0.39, 0.29) is 18.4 Å². The van der Waals surface area contributed by atoms with Gasteiger partial charge < -0.3 is 0 Å². The minimum atomic E-state index is -0.287. The van der Waals surface area contributed by atoms with E-state index in [1.165, 1.54) is 16.2 Å². The van der Waals surface area contributed by atoms with Crippen LogP contribution in [0.2, 0.25) is 0 Å². The van der Waals surface area contributed by atoms with Gasteiger partial charge in [0.05, 0.1) is 5.69 Å². The van der Waals surface area contributed by atoms with Crippen molar-refractivity contribution in [1.82, 2.24) is 10.2 Å². The van der Waals surface area contributed by atoms with Crippen LogP contribution in [0.5, 0.6) is 0 Å². The molecule has 1 aliphatic rings. The molecule has 0 saturated heterocycles. The molecule has 1 N–H and O–H groups in total. The monoisotopic (exact) mass is 398 g/mol. The molecule has 27 heavy (non-hydrogen) atoms. The topological polar surface area (TPSA) is 75.2 Å². The summed E-state index contributed by atoms with van der Waals surface area (Å²) in [6, 6.07) is 11.4. The number of hydrogen-bond acceptors (Lipinski definition) is 6. The van der Waals surface area contributed by atoms with Crippen molar-refractivity contribution in [3.8, 4) is 0 Å². The number of anilines is 2. The van der Waals surface area contributed by atoms with Crippen molar-refractivity contribution in [1.29, 1.82) is 0 Å². The molecule has 2 aromatic carbocycles. The maximum atomic E-state index is 12.7. The summed E-state index contributed by atoms with van der Waals surface area (Å²) in [4.78, 5) is 26.7. The van der Waals surface area contributed by atoms with Gasteiger partial charge in [-0.15, -0.1) is 10.2 Å². The van der Waals surface area contributed by atoms with Crippen LogP contribution in [0.4, 0.5) is 10.8 Å². The molecule has 0 bridgehead atoms. The number of amides is 2. The first kappa shape index (κ1) is 17.9. The summed E-state index contributed by atoms with van der Waals surface area (Å²) in [7, 11) is 0. The molecule has 0 saturated carbocycles. The highest BCUT2D eigenvalue weighted by atomic mass is 32.2. The first-order chi connectivity index (χ1) is 13.0. The fraction of sp³-hybridized carbons (Fsp3) is 0.263. The van der Waals surface area contributed by atoms with E-state index in [1.807, 2.05) is 30.3 Å². The maximum absolute atomic E-state index is 12.7. The van der Waals surface area contributed by atoms with Crippen LogP contribution in [-0.2, 0) is 4.79 Å². The van der Waals surface area contributed by atoms with E-state index in [1.54, 1.807) is 17.8 Å². The third-order valence-corrected chi connectivity index (χ3v) is 6.54. The van der Waals surface area contributed by atoms with Gasteiger partial charge in [-0.3, -0.25) is 19.8 Å². The van der Waals surface area contributed by atoms with E-state index < -0.39 is 0 Å². The molecule has 138 valence electrons. The number of aromatic nitrogens is 2. The van der Waals surface area contributed by atoms with Crippen LogP contribution in [0.15, 0.2) is 40.7 Å². The highest BCUT2D eigenvalue weighted by Crippen LogP contribution is 2.37. The number of nitrogens with zero attached hydrogens (tertiary/aromatic N) is 3. The van der Waals surface area contributed by atoms with Crippen molar-refractivity contribution in [3.63, 3.8) is 0 Å². The summed E-state index contributed by atoms with van der Waals surface area (Å²) in [5, 5.41) is 13.2. The molecule has 0 spiro atoms. The minimum Gasteiger partial charge on any atom is -0.299 e. The van der Waals surface area contributed by atoms with Gasteiger partial charge in [-0.2, -0.15) is 0 Å². The number of thioether (sulfide) groups is 1. The summed E-state index contributed by atoms with van der Waals surface area (Å²) in [6.45, 7) is 4.23. The van der Waals surface area contributed by atoms with E-state index in [9.17, 15) is 9.59 Å². The average molecular weight is 399 g/mol. The number of carbonyl (C=O) groups is 2. The Balaban J connectivity index is 1.47. The molecular weight excluding hydrogens is 380 g/mol. The molecule has 0 fully saturated rings. The fourth-order valence-corrected chi connectivity index (χ4v) is 4.74. The normalized spacial score (nSPS) is 13.0. The van der Waals surface area contributed by atoms with Gasteiger partial charge in [0.25, 0.3) is 5.91 Å². The Bertz CT molecular complexity index is 1030. The molecule has 4 rings (SSSR count). The molecule has 0 atom stereocenters. The number of carbonyl (C=O) groups excluding carboxylic acids is 2. The summed E-state index contributed by atoms with van der Waals surface area (Å²) >= 11 is 2.98. The van der Waals surface area contributed by atoms with Gasteiger partial charge in [0.2, 0.25) is 11.0 Å². The summed E-state index contributed by atoms with van der Waals surface area (Å²) < 4.78 is 0.827. The highest BCUT2D eigenvalue weighted by Gasteiger charge is 2.31. The predicted molar refractivity (Wildman–Crippen MR) is 110 cm³/mol. The molecule has 2 heterocycles. The molecule has 0 radical (unpaired) electrons. The number of nitrogens with one attached hydrogen (secondary N) is 1. The van der Waals surface area contributed by atoms with Crippen LogP contribution in [0, 0.1) is 5.92 Å². The van der Waals surface area contributed by atoms with Gasteiger partial charge in [0, 0.05) is 16.7 Å². The largest absolute Gasteiger partial charge is 0.299 e. The minimum absolute atomic E-state index is 0.0549. The first-order valence-electron chi connectivity index (χ1n) is 8.62. The molecular formula is C19H18N4O2S2. The second-order valence-corrected chi connectivity index (χ2v) is 8.94. The predicted octanol–water partition coefficient (Wildman–Crippen LogP) is 4.04. The van der Waals surface area contributed by atoms with E-state index in [4.69, 9.17) is 0 Å². The zero-order valence-electron chi connectivity index (χ0n) is 14.9. The lowest BCUT2D eigenvalue weighted by Gasteiger charge is -2.16. The molecule has 1 aliphatic heterocycles. The van der Waals surface area contributed by atoms with Crippen molar-refractivity contribution in [2.45, 2.75) is 18.2 Å². The molecule has 8 heteroatoms. The van der Waals surface area contributed by atoms with E-state index in [2.05, 4.69) is 29.4 Å². The number of benzene rings is 2. The van der Waals surface area contributed by atoms with Crippen LogP contribution in [0.3, 0.4) is 0 Å². The zero-order valence-corrected chi connectivity index (χ0v) is 16.6. The lowest BCUT2D eigenvalue weighted by Crippen LogP contribution is -2.35. The Kier molecular flexibility index (Phi) is 4.84. The van der Waals surface area contributed by atoms with Crippen LogP contribution < -0.4 is 10.2 Å². The standard InChI is InChI=1S/C19H18N4O2S2/c1-11(2)10-26-19-22-21-18(27-19)20-15(24)9-23-14-8-4-6-12-5-3-7-13(16(12)14)17(23)25/h3-8,11H,9-10H2,1-2H3,(H,20,21,24). The van der Waals surface area contributed by atoms with Gasteiger partial charge in [-0.25, -0.2) is 0 Å². The summed E-state index contributed by atoms with van der Waals surface area (Å²) in [5.74, 6) is 1.07. The third-order valence-electron chi connectivity index (χ3n) is 4.14. The van der Waals surface area contributed by atoms with Crippen LogP contribution in [0.25, 0.3) is 10.8 Å². The number of hydrogen-bond donors (Lipinski definition) is 1. The Labute approximate surface area is 165 Å². The van der Waals surface area contributed by atoms with Gasteiger partial charge in [-0.05, 0) is 23.4 Å². The molecule has 0 unspecified atom stereocenters. The first-order valence-corrected chi connectivity index (χ1v) is 10.4. The maximum Gasteiger partial charge on any atom is 0.259 e. The van der Waals surface area contributed by atoms with Crippen molar-refractivity contribution in [2.75, 3.05) is 22.5 Å². The second kappa shape index (κ2) is 7.28. The van der Waals surface area contributed by atoms with Gasteiger partial charge in [0.1, 0.15) is 6.54 Å². The van der Waals surface area contributed by atoms with Crippen LogP contribution in [-0.4, -0.2) is 34.3 Å². The molecule has 3 aromatic rings. The zero-order chi connectivity index (χ0) is 19.0. The Morgan fingerprint density at radius 1 is 1.22 bits per heavy atom. The molecule has 2 amide bonds. The average Bonchev–Trinajstić information content (AvgIpc) is 3.20. The van der Waals surface area contributed by atoms with E-state index >= 15 is 0 Å².